The second kappa shape index (κ2) is 4.59. The second-order valence-corrected chi connectivity index (χ2v) is 3.98. The van der Waals surface area contributed by atoms with Crippen LogP contribution in [-0.4, -0.2) is 36.3 Å². The quantitative estimate of drug-likeness (QED) is 0.690. The van der Waals surface area contributed by atoms with Crippen molar-refractivity contribution in [1.29, 1.82) is 0 Å². The third-order valence-electron chi connectivity index (χ3n) is 2.78. The predicted octanol–water partition coefficient (Wildman–Crippen LogP) is -0.482. The van der Waals surface area contributed by atoms with Crippen molar-refractivity contribution in [3.8, 4) is 0 Å². The van der Waals surface area contributed by atoms with Gasteiger partial charge >= 0.3 is 0 Å². The monoisotopic (exact) mass is 208 g/mol. The number of piperazine rings is 1. The van der Waals surface area contributed by atoms with E-state index >= 15 is 0 Å². The highest BCUT2D eigenvalue weighted by Crippen LogP contribution is 2.15. The van der Waals surface area contributed by atoms with Gasteiger partial charge in [0.25, 0.3) is 0 Å². The molecule has 4 nitrogen and oxygen atoms in total. The number of nitrogens with zero attached hydrogens (tertiary/aromatic N) is 2. The Morgan fingerprint density at radius 1 is 1.40 bits per heavy atom. The number of rotatable bonds is 2. The molecular formula is C11H18N3O+. The van der Waals surface area contributed by atoms with Gasteiger partial charge in [0.05, 0.1) is 32.3 Å². The van der Waals surface area contributed by atoms with Crippen molar-refractivity contribution in [2.45, 2.75) is 13.0 Å². The summed E-state index contributed by atoms with van der Waals surface area (Å²) in [6.07, 6.45) is 1.33. The van der Waals surface area contributed by atoms with E-state index in [1.807, 2.05) is 12.1 Å². The van der Waals surface area contributed by atoms with Crippen molar-refractivity contribution in [3.05, 3.63) is 23.9 Å². The normalized spacial score (nSPS) is 18.9. The summed E-state index contributed by atoms with van der Waals surface area (Å²) < 4.78 is 0. The molecule has 15 heavy (non-hydrogen) atoms. The minimum absolute atomic E-state index is 0.429. The molecular weight excluding hydrogens is 190 g/mol. The summed E-state index contributed by atoms with van der Waals surface area (Å²) in [7, 11) is 0. The van der Waals surface area contributed by atoms with E-state index in [1.54, 1.807) is 13.1 Å². The van der Waals surface area contributed by atoms with Gasteiger partial charge in [-0.15, -0.1) is 0 Å². The van der Waals surface area contributed by atoms with E-state index in [1.165, 1.54) is 0 Å². The Labute approximate surface area is 89.9 Å². The van der Waals surface area contributed by atoms with Crippen molar-refractivity contribution < 1.29 is 10.4 Å². The lowest BCUT2D eigenvalue weighted by molar-refractivity contribution is -0.655. The molecule has 1 aromatic heterocycles. The first kappa shape index (κ1) is 10.4. The average Bonchev–Trinajstić information content (AvgIpc) is 2.30. The van der Waals surface area contributed by atoms with Gasteiger partial charge in [0.2, 0.25) is 0 Å². The zero-order valence-electron chi connectivity index (χ0n) is 9.06. The Balaban J connectivity index is 2.08. The first-order valence-electron chi connectivity index (χ1n) is 5.48. The molecule has 0 amide bonds. The largest absolute Gasteiger partial charge is 0.389 e. The molecule has 1 aliphatic rings. The first-order valence-corrected chi connectivity index (χ1v) is 5.48. The fourth-order valence-corrected chi connectivity index (χ4v) is 1.81. The number of aliphatic hydroxyl groups is 1. The Morgan fingerprint density at radius 3 is 2.67 bits per heavy atom. The van der Waals surface area contributed by atoms with Gasteiger partial charge in [-0.25, -0.2) is 4.98 Å². The zero-order chi connectivity index (χ0) is 10.7. The Hall–Kier alpha value is -1.13. The van der Waals surface area contributed by atoms with Crippen LogP contribution >= 0.6 is 0 Å². The molecule has 0 aromatic carbocycles. The molecule has 0 bridgehead atoms. The van der Waals surface area contributed by atoms with E-state index in [9.17, 15) is 5.11 Å². The number of hydrogen-bond acceptors (Lipinski definition) is 3. The minimum Gasteiger partial charge on any atom is -0.389 e. The molecule has 0 saturated carbocycles. The lowest BCUT2D eigenvalue weighted by Crippen LogP contribution is -2.89. The summed E-state index contributed by atoms with van der Waals surface area (Å²) in [4.78, 5) is 6.66. The van der Waals surface area contributed by atoms with Gasteiger partial charge in [-0.05, 0) is 18.6 Å². The van der Waals surface area contributed by atoms with Crippen molar-refractivity contribution in [3.63, 3.8) is 0 Å². The molecule has 1 atom stereocenters. The van der Waals surface area contributed by atoms with Gasteiger partial charge in [0, 0.05) is 6.20 Å². The molecule has 1 unspecified atom stereocenters. The molecule has 3 N–H and O–H groups in total. The minimum atomic E-state index is -0.429. The number of anilines is 1. The third-order valence-corrected chi connectivity index (χ3v) is 2.78. The van der Waals surface area contributed by atoms with E-state index in [-0.39, 0.29) is 0 Å². The molecule has 2 heterocycles. The number of hydrogen-bond donors (Lipinski definition) is 2. The fourth-order valence-electron chi connectivity index (χ4n) is 1.81. The fraction of sp³-hybridized carbons (Fsp3) is 0.545. The van der Waals surface area contributed by atoms with Crippen LogP contribution in [-0.2, 0) is 0 Å². The van der Waals surface area contributed by atoms with Gasteiger partial charge in [-0.2, -0.15) is 0 Å². The van der Waals surface area contributed by atoms with Gasteiger partial charge in [0.1, 0.15) is 5.82 Å². The molecule has 1 aliphatic heterocycles. The van der Waals surface area contributed by atoms with Crippen LogP contribution in [0, 0.1) is 0 Å². The topological polar surface area (TPSA) is 53.0 Å². The van der Waals surface area contributed by atoms with Crippen LogP contribution in [0.25, 0.3) is 0 Å². The van der Waals surface area contributed by atoms with E-state index in [4.69, 9.17) is 0 Å². The molecule has 1 aromatic rings. The van der Waals surface area contributed by atoms with Crippen LogP contribution in [0.5, 0.6) is 0 Å². The maximum Gasteiger partial charge on any atom is 0.128 e. The maximum absolute atomic E-state index is 9.37. The second-order valence-electron chi connectivity index (χ2n) is 3.98. The Morgan fingerprint density at radius 2 is 2.13 bits per heavy atom. The van der Waals surface area contributed by atoms with Crippen molar-refractivity contribution in [2.24, 2.45) is 0 Å². The van der Waals surface area contributed by atoms with Gasteiger partial charge < -0.3 is 15.3 Å². The van der Waals surface area contributed by atoms with Crippen LogP contribution in [0.15, 0.2) is 18.3 Å². The van der Waals surface area contributed by atoms with Crippen molar-refractivity contribution in [1.82, 2.24) is 4.98 Å². The molecule has 4 heteroatoms. The van der Waals surface area contributed by atoms with Crippen molar-refractivity contribution >= 4 is 5.82 Å². The average molecular weight is 208 g/mol. The number of aromatic nitrogens is 1. The molecule has 0 radical (unpaired) electrons. The van der Waals surface area contributed by atoms with Gasteiger partial charge in [-0.1, -0.05) is 6.07 Å². The molecule has 1 fully saturated rings. The Kier molecular flexibility index (Phi) is 3.18. The lowest BCUT2D eigenvalue weighted by atomic mass is 10.2. The van der Waals surface area contributed by atoms with Crippen LogP contribution in [0.3, 0.4) is 0 Å². The van der Waals surface area contributed by atoms with Gasteiger partial charge in [-0.3, -0.25) is 0 Å². The third kappa shape index (κ3) is 2.46. The summed E-state index contributed by atoms with van der Waals surface area (Å²) in [5, 5.41) is 11.7. The van der Waals surface area contributed by atoms with E-state index < -0.39 is 6.10 Å². The predicted molar refractivity (Wildman–Crippen MR) is 58.7 cm³/mol. The summed E-state index contributed by atoms with van der Waals surface area (Å²) in [6.45, 7) is 6.15. The van der Waals surface area contributed by atoms with Gasteiger partial charge in [0.15, 0.2) is 0 Å². The molecule has 82 valence electrons. The van der Waals surface area contributed by atoms with E-state index in [0.717, 1.165) is 37.6 Å². The van der Waals surface area contributed by atoms with Crippen LogP contribution in [0.1, 0.15) is 18.6 Å². The highest BCUT2D eigenvalue weighted by Gasteiger charge is 2.13. The lowest BCUT2D eigenvalue weighted by Gasteiger charge is -2.26. The van der Waals surface area contributed by atoms with Crippen LogP contribution in [0.4, 0.5) is 5.82 Å². The number of quaternary nitrogens is 1. The first-order chi connectivity index (χ1) is 7.27. The molecule has 0 aliphatic carbocycles. The molecule has 0 spiro atoms. The van der Waals surface area contributed by atoms with Crippen molar-refractivity contribution in [2.75, 3.05) is 31.1 Å². The zero-order valence-corrected chi connectivity index (χ0v) is 9.06. The standard InChI is InChI=1S/C11H17N3O/c1-9(15)10-2-3-11(13-8-10)14-6-4-12-5-7-14/h2-3,8-9,12,15H,4-7H2,1H3/p+1. The van der Waals surface area contributed by atoms with Crippen LogP contribution in [0.2, 0.25) is 0 Å². The van der Waals surface area contributed by atoms with E-state index in [0.29, 0.717) is 0 Å². The highest BCUT2D eigenvalue weighted by molar-refractivity contribution is 5.39. The number of nitrogens with two attached hydrogens (primary N) is 1. The SMILES string of the molecule is CC(O)c1ccc(N2CC[NH2+]CC2)nc1. The summed E-state index contributed by atoms with van der Waals surface area (Å²) in [5.41, 5.74) is 0.877. The van der Waals surface area contributed by atoms with Crippen LogP contribution < -0.4 is 10.2 Å². The molecule has 1 saturated heterocycles. The maximum atomic E-state index is 9.37. The summed E-state index contributed by atoms with van der Waals surface area (Å²) in [5.74, 6) is 1.02. The smallest absolute Gasteiger partial charge is 0.128 e. The number of aliphatic hydroxyl groups excluding tert-OH is 1. The molecule has 2 rings (SSSR count). The summed E-state index contributed by atoms with van der Waals surface area (Å²) >= 11 is 0. The number of pyridine rings is 1. The highest BCUT2D eigenvalue weighted by atomic mass is 16.3. The summed E-state index contributed by atoms with van der Waals surface area (Å²) in [6, 6.07) is 3.94. The van der Waals surface area contributed by atoms with E-state index in [2.05, 4.69) is 15.2 Å². The Bertz CT molecular complexity index is 304.